The predicted molar refractivity (Wildman–Crippen MR) is 129 cm³/mol. The van der Waals surface area contributed by atoms with E-state index in [9.17, 15) is 19.7 Å². The molecule has 0 aliphatic heterocycles. The van der Waals surface area contributed by atoms with Crippen LogP contribution in [0, 0.1) is 10.1 Å². The number of hydrogen-bond acceptors (Lipinski definition) is 6. The molecule has 2 N–H and O–H groups in total. The van der Waals surface area contributed by atoms with Gasteiger partial charge in [0.1, 0.15) is 17.2 Å². The van der Waals surface area contributed by atoms with Gasteiger partial charge in [0.2, 0.25) is 0 Å². The Kier molecular flexibility index (Phi) is 8.31. The zero-order valence-corrected chi connectivity index (χ0v) is 19.0. The lowest BCUT2D eigenvalue weighted by Gasteiger charge is -2.12. The SMILES string of the molecule is CN(C)CCCNC(=O)/C(=C/c1ccc(-c2cccc([N+](=O)[O-])c2)o1)NC(=O)c1ccccc1. The molecular formula is C25H26N4O5. The maximum atomic E-state index is 12.8. The van der Waals surface area contributed by atoms with E-state index >= 15 is 0 Å². The van der Waals surface area contributed by atoms with E-state index in [0.717, 1.165) is 13.0 Å². The van der Waals surface area contributed by atoms with Crippen molar-refractivity contribution in [3.63, 3.8) is 0 Å². The Labute approximate surface area is 197 Å². The minimum Gasteiger partial charge on any atom is -0.457 e. The topological polar surface area (TPSA) is 118 Å². The number of non-ortho nitro benzene ring substituents is 1. The second-order valence-electron chi connectivity index (χ2n) is 7.80. The summed E-state index contributed by atoms with van der Waals surface area (Å²) in [4.78, 5) is 38.1. The molecule has 9 heteroatoms. The molecule has 3 aromatic rings. The van der Waals surface area contributed by atoms with Gasteiger partial charge in [-0.15, -0.1) is 0 Å². The third-order valence-corrected chi connectivity index (χ3v) is 4.85. The van der Waals surface area contributed by atoms with E-state index in [4.69, 9.17) is 4.42 Å². The van der Waals surface area contributed by atoms with Gasteiger partial charge in [0.05, 0.1) is 4.92 Å². The molecule has 1 aromatic heterocycles. The molecule has 0 spiro atoms. The summed E-state index contributed by atoms with van der Waals surface area (Å²) < 4.78 is 5.79. The summed E-state index contributed by atoms with van der Waals surface area (Å²) in [6, 6.07) is 17.9. The molecule has 0 saturated heterocycles. The largest absolute Gasteiger partial charge is 0.457 e. The van der Waals surface area contributed by atoms with Crippen LogP contribution in [-0.2, 0) is 4.79 Å². The fourth-order valence-corrected chi connectivity index (χ4v) is 3.14. The molecule has 2 aromatic carbocycles. The minimum atomic E-state index is -0.481. The lowest BCUT2D eigenvalue weighted by molar-refractivity contribution is -0.384. The number of nitrogens with zero attached hydrogens (tertiary/aromatic N) is 2. The van der Waals surface area contributed by atoms with Gasteiger partial charge in [0.25, 0.3) is 17.5 Å². The van der Waals surface area contributed by atoms with Gasteiger partial charge < -0.3 is 20.0 Å². The van der Waals surface area contributed by atoms with Crippen molar-refractivity contribution in [1.29, 1.82) is 0 Å². The van der Waals surface area contributed by atoms with Crippen LogP contribution < -0.4 is 10.6 Å². The average molecular weight is 463 g/mol. The highest BCUT2D eigenvalue weighted by molar-refractivity contribution is 6.05. The Hall–Kier alpha value is -4.24. The minimum absolute atomic E-state index is 0.0265. The van der Waals surface area contributed by atoms with Gasteiger partial charge in [-0.3, -0.25) is 19.7 Å². The number of nitro groups is 1. The number of rotatable bonds is 10. The molecule has 0 aliphatic rings. The summed E-state index contributed by atoms with van der Waals surface area (Å²) in [6.07, 6.45) is 2.18. The first-order valence-electron chi connectivity index (χ1n) is 10.7. The number of carbonyl (C=O) groups excluding carboxylic acids is 2. The number of amides is 2. The molecule has 34 heavy (non-hydrogen) atoms. The number of carbonyl (C=O) groups is 2. The lowest BCUT2D eigenvalue weighted by Crippen LogP contribution is -2.36. The molecular weight excluding hydrogens is 436 g/mol. The maximum absolute atomic E-state index is 12.8. The Balaban J connectivity index is 1.82. The van der Waals surface area contributed by atoms with Crippen LogP contribution in [0.15, 0.2) is 76.8 Å². The quantitative estimate of drug-likeness (QED) is 0.205. The van der Waals surface area contributed by atoms with Crippen molar-refractivity contribution in [3.05, 3.63) is 93.9 Å². The van der Waals surface area contributed by atoms with Gasteiger partial charge in [-0.2, -0.15) is 0 Å². The second-order valence-corrected chi connectivity index (χ2v) is 7.80. The van der Waals surface area contributed by atoms with Crippen molar-refractivity contribution in [3.8, 4) is 11.3 Å². The van der Waals surface area contributed by atoms with Crippen LogP contribution in [0.3, 0.4) is 0 Å². The third-order valence-electron chi connectivity index (χ3n) is 4.85. The van der Waals surface area contributed by atoms with Crippen LogP contribution in [0.4, 0.5) is 5.69 Å². The molecule has 9 nitrogen and oxygen atoms in total. The number of hydrogen-bond donors (Lipinski definition) is 2. The Morgan fingerprint density at radius 2 is 1.82 bits per heavy atom. The van der Waals surface area contributed by atoms with Gasteiger partial charge in [-0.05, 0) is 51.3 Å². The van der Waals surface area contributed by atoms with Gasteiger partial charge >= 0.3 is 0 Å². The highest BCUT2D eigenvalue weighted by Gasteiger charge is 2.16. The summed E-state index contributed by atoms with van der Waals surface area (Å²) in [7, 11) is 3.89. The molecule has 0 bridgehead atoms. The van der Waals surface area contributed by atoms with Crippen molar-refractivity contribution in [2.45, 2.75) is 6.42 Å². The Bertz CT molecular complexity index is 1180. The van der Waals surface area contributed by atoms with Crippen LogP contribution in [0.5, 0.6) is 0 Å². The van der Waals surface area contributed by atoms with Crippen molar-refractivity contribution in [2.24, 2.45) is 0 Å². The second kappa shape index (κ2) is 11.6. The van der Waals surface area contributed by atoms with E-state index in [1.807, 2.05) is 19.0 Å². The smallest absolute Gasteiger partial charge is 0.270 e. The zero-order chi connectivity index (χ0) is 24.5. The van der Waals surface area contributed by atoms with Crippen molar-refractivity contribution < 1.29 is 18.9 Å². The molecule has 0 atom stereocenters. The maximum Gasteiger partial charge on any atom is 0.270 e. The summed E-state index contributed by atoms with van der Waals surface area (Å²) in [6.45, 7) is 1.24. The fraction of sp³-hybridized carbons (Fsp3) is 0.200. The van der Waals surface area contributed by atoms with E-state index in [2.05, 4.69) is 10.6 Å². The van der Waals surface area contributed by atoms with Crippen molar-refractivity contribution in [2.75, 3.05) is 27.2 Å². The molecule has 0 saturated carbocycles. The first-order valence-corrected chi connectivity index (χ1v) is 10.7. The summed E-state index contributed by atoms with van der Waals surface area (Å²) >= 11 is 0. The molecule has 3 rings (SSSR count). The first-order chi connectivity index (χ1) is 16.3. The number of nitro benzene ring substituents is 1. The zero-order valence-electron chi connectivity index (χ0n) is 19.0. The third kappa shape index (κ3) is 6.88. The Morgan fingerprint density at radius 3 is 2.53 bits per heavy atom. The van der Waals surface area contributed by atoms with Gasteiger partial charge in [-0.25, -0.2) is 0 Å². The molecule has 0 fully saturated rings. The van der Waals surface area contributed by atoms with E-state index < -0.39 is 16.7 Å². The fourth-order valence-electron chi connectivity index (χ4n) is 3.14. The van der Waals surface area contributed by atoms with Crippen molar-refractivity contribution in [1.82, 2.24) is 15.5 Å². The van der Waals surface area contributed by atoms with Crippen LogP contribution in [0.2, 0.25) is 0 Å². The Morgan fingerprint density at radius 1 is 1.06 bits per heavy atom. The van der Waals surface area contributed by atoms with E-state index in [0.29, 0.717) is 29.2 Å². The van der Waals surface area contributed by atoms with E-state index in [1.54, 1.807) is 54.6 Å². The highest BCUT2D eigenvalue weighted by Crippen LogP contribution is 2.26. The predicted octanol–water partition coefficient (Wildman–Crippen LogP) is 3.69. The number of nitrogens with one attached hydrogen (secondary N) is 2. The van der Waals surface area contributed by atoms with Crippen molar-refractivity contribution >= 4 is 23.6 Å². The van der Waals surface area contributed by atoms with E-state index in [1.165, 1.54) is 18.2 Å². The van der Waals surface area contributed by atoms with Gasteiger partial charge in [0.15, 0.2) is 0 Å². The molecule has 176 valence electrons. The summed E-state index contributed by atoms with van der Waals surface area (Å²) in [5.41, 5.74) is 0.903. The molecule has 2 amide bonds. The van der Waals surface area contributed by atoms with E-state index in [-0.39, 0.29) is 11.4 Å². The summed E-state index contributed by atoms with van der Waals surface area (Å²) in [5.74, 6) is -0.166. The van der Waals surface area contributed by atoms with Gasteiger partial charge in [0, 0.05) is 35.9 Å². The van der Waals surface area contributed by atoms with Crippen LogP contribution in [-0.4, -0.2) is 48.8 Å². The van der Waals surface area contributed by atoms with Gasteiger partial charge in [-0.1, -0.05) is 30.3 Å². The average Bonchev–Trinajstić information content (AvgIpc) is 3.30. The standard InChI is InChI=1S/C25H26N4O5/c1-28(2)15-7-14-26-25(31)22(27-24(30)18-8-4-3-5-9-18)17-21-12-13-23(34-21)19-10-6-11-20(16-19)29(32)33/h3-6,8-13,16-17H,7,14-15H2,1-2H3,(H,26,31)(H,27,30)/b22-17-. The molecule has 0 aliphatic carbocycles. The molecule has 0 radical (unpaired) electrons. The highest BCUT2D eigenvalue weighted by atomic mass is 16.6. The van der Waals surface area contributed by atoms with Crippen LogP contribution in [0.25, 0.3) is 17.4 Å². The molecule has 0 unspecified atom stereocenters. The molecule has 1 heterocycles. The first kappa shape index (κ1) is 24.4. The number of benzene rings is 2. The van der Waals surface area contributed by atoms with Crippen LogP contribution in [0.1, 0.15) is 22.5 Å². The summed E-state index contributed by atoms with van der Waals surface area (Å²) in [5, 5.41) is 16.5. The lowest BCUT2D eigenvalue weighted by atomic mass is 10.1. The normalized spacial score (nSPS) is 11.3. The number of furan rings is 1. The van der Waals surface area contributed by atoms with Crippen LogP contribution >= 0.6 is 0 Å². The monoisotopic (exact) mass is 462 g/mol.